The van der Waals surface area contributed by atoms with Crippen molar-refractivity contribution in [1.82, 2.24) is 14.9 Å². The first-order valence-electron chi connectivity index (χ1n) is 9.53. The van der Waals surface area contributed by atoms with E-state index < -0.39 is 0 Å². The molecular weight excluding hydrogens is 350 g/mol. The summed E-state index contributed by atoms with van der Waals surface area (Å²) in [5.74, 6) is 0.0142. The van der Waals surface area contributed by atoms with E-state index in [9.17, 15) is 4.79 Å². The van der Waals surface area contributed by atoms with Crippen molar-refractivity contribution in [1.29, 1.82) is 0 Å². The molecule has 0 radical (unpaired) electrons. The van der Waals surface area contributed by atoms with E-state index in [-0.39, 0.29) is 5.91 Å². The second-order valence-corrected chi connectivity index (χ2v) is 7.34. The number of nitrogens with zero attached hydrogens (tertiary/aromatic N) is 1. The second kappa shape index (κ2) is 5.59. The molecule has 1 aliphatic heterocycles. The van der Waals surface area contributed by atoms with Gasteiger partial charge in [-0.3, -0.25) is 4.79 Å². The molecule has 0 aliphatic carbocycles. The zero-order valence-electron chi connectivity index (χ0n) is 15.5. The number of nitrogens with one attached hydrogen (secondary N) is 2. The van der Waals surface area contributed by atoms with Gasteiger partial charge in [-0.05, 0) is 17.7 Å². The van der Waals surface area contributed by atoms with Gasteiger partial charge in [0.15, 0.2) is 0 Å². The van der Waals surface area contributed by atoms with Crippen LogP contribution >= 0.6 is 0 Å². The molecule has 0 saturated carbocycles. The Balaban J connectivity index is 1.93. The number of aromatic amines is 1. The van der Waals surface area contributed by atoms with Crippen molar-refractivity contribution in [3.05, 3.63) is 59.7 Å². The van der Waals surface area contributed by atoms with Gasteiger partial charge < -0.3 is 19.6 Å². The molecule has 5 aromatic rings. The van der Waals surface area contributed by atoms with Crippen molar-refractivity contribution >= 4 is 49.5 Å². The Labute approximate surface area is 160 Å². The van der Waals surface area contributed by atoms with Gasteiger partial charge in [-0.2, -0.15) is 0 Å². The predicted octanol–water partition coefficient (Wildman–Crippen LogP) is 4.32. The molecule has 2 aromatic heterocycles. The minimum atomic E-state index is 0.0142. The Bertz CT molecular complexity index is 1420. The van der Waals surface area contributed by atoms with Crippen LogP contribution in [0.25, 0.3) is 43.6 Å². The van der Waals surface area contributed by atoms with Gasteiger partial charge in [0.05, 0.1) is 23.2 Å². The molecule has 5 nitrogen and oxygen atoms in total. The van der Waals surface area contributed by atoms with E-state index in [1.165, 1.54) is 16.3 Å². The fourth-order valence-corrected chi connectivity index (χ4v) is 4.82. The summed E-state index contributed by atoms with van der Waals surface area (Å²) >= 11 is 0. The van der Waals surface area contributed by atoms with Crippen LogP contribution in [0.3, 0.4) is 0 Å². The van der Waals surface area contributed by atoms with Gasteiger partial charge in [-0.15, -0.1) is 0 Å². The molecule has 28 heavy (non-hydrogen) atoms. The Morgan fingerprint density at radius 2 is 1.82 bits per heavy atom. The number of H-pyrrole nitrogens is 1. The van der Waals surface area contributed by atoms with Crippen LogP contribution in [0.5, 0.6) is 0 Å². The second-order valence-electron chi connectivity index (χ2n) is 7.34. The summed E-state index contributed by atoms with van der Waals surface area (Å²) in [5, 5.41) is 7.52. The number of hydrogen-bond donors (Lipinski definition) is 2. The maximum Gasteiger partial charge on any atom is 0.252 e. The number of fused-ring (bicyclic) bond motifs is 10. The number of methoxy groups -OCH3 is 1. The molecule has 0 spiro atoms. The standard InChI is InChI=1S/C23H19N3O2/c1-28-11-10-26-17-9-5-3-7-14(17)18-15-12-24-23(27)20(15)19-13-6-2-4-8-16(13)25-21(19)22(18)26/h2-9,25H,10-12H2,1H3,(H,24,27). The van der Waals surface area contributed by atoms with Gasteiger partial charge in [0, 0.05) is 52.8 Å². The third-order valence-electron chi connectivity index (χ3n) is 5.94. The molecule has 2 N–H and O–H groups in total. The minimum Gasteiger partial charge on any atom is -0.383 e. The molecule has 0 bridgehead atoms. The van der Waals surface area contributed by atoms with Gasteiger partial charge in [0.1, 0.15) is 0 Å². The number of ether oxygens (including phenoxy) is 1. The summed E-state index contributed by atoms with van der Waals surface area (Å²) in [7, 11) is 1.73. The van der Waals surface area contributed by atoms with Crippen LogP contribution in [-0.4, -0.2) is 29.2 Å². The Kier molecular flexibility index (Phi) is 3.14. The topological polar surface area (TPSA) is 59.0 Å². The molecule has 0 saturated heterocycles. The Hall–Kier alpha value is -3.31. The number of para-hydroxylation sites is 2. The minimum absolute atomic E-state index is 0.0142. The molecule has 0 unspecified atom stereocenters. The third-order valence-corrected chi connectivity index (χ3v) is 5.94. The molecular formula is C23H19N3O2. The highest BCUT2D eigenvalue weighted by Crippen LogP contribution is 2.43. The first kappa shape index (κ1) is 15.7. The highest BCUT2D eigenvalue weighted by atomic mass is 16.5. The number of benzene rings is 3. The van der Waals surface area contributed by atoms with Crippen LogP contribution in [0, 0.1) is 0 Å². The van der Waals surface area contributed by atoms with Crippen molar-refractivity contribution < 1.29 is 9.53 Å². The highest BCUT2D eigenvalue weighted by molar-refractivity contribution is 6.30. The average Bonchev–Trinajstić information content (AvgIpc) is 3.38. The molecule has 0 fully saturated rings. The largest absolute Gasteiger partial charge is 0.383 e. The van der Waals surface area contributed by atoms with E-state index >= 15 is 0 Å². The lowest BCUT2D eigenvalue weighted by atomic mass is 9.97. The zero-order valence-corrected chi connectivity index (χ0v) is 15.5. The lowest BCUT2D eigenvalue weighted by Gasteiger charge is -2.09. The summed E-state index contributed by atoms with van der Waals surface area (Å²) in [6.07, 6.45) is 0. The number of aromatic nitrogens is 2. The predicted molar refractivity (Wildman–Crippen MR) is 112 cm³/mol. The van der Waals surface area contributed by atoms with Crippen molar-refractivity contribution in [3.8, 4) is 0 Å². The monoisotopic (exact) mass is 369 g/mol. The van der Waals surface area contributed by atoms with Crippen molar-refractivity contribution in [3.63, 3.8) is 0 Å². The van der Waals surface area contributed by atoms with E-state index in [1.807, 2.05) is 12.1 Å². The van der Waals surface area contributed by atoms with Crippen molar-refractivity contribution in [2.24, 2.45) is 0 Å². The quantitative estimate of drug-likeness (QED) is 0.498. The van der Waals surface area contributed by atoms with Gasteiger partial charge >= 0.3 is 0 Å². The number of hydrogen-bond acceptors (Lipinski definition) is 2. The fraction of sp³-hybridized carbons (Fsp3) is 0.174. The first-order chi connectivity index (χ1) is 13.8. The molecule has 1 aliphatic rings. The van der Waals surface area contributed by atoms with Crippen molar-refractivity contribution in [2.45, 2.75) is 13.1 Å². The summed E-state index contributed by atoms with van der Waals surface area (Å²) in [6, 6.07) is 16.6. The van der Waals surface area contributed by atoms with E-state index in [2.05, 4.69) is 51.3 Å². The smallest absolute Gasteiger partial charge is 0.252 e. The lowest BCUT2D eigenvalue weighted by Crippen LogP contribution is -2.12. The molecule has 3 aromatic carbocycles. The van der Waals surface area contributed by atoms with Crippen LogP contribution in [-0.2, 0) is 17.8 Å². The van der Waals surface area contributed by atoms with E-state index in [0.29, 0.717) is 13.2 Å². The molecule has 6 rings (SSSR count). The highest BCUT2D eigenvalue weighted by Gasteiger charge is 2.30. The van der Waals surface area contributed by atoms with Gasteiger partial charge in [-0.1, -0.05) is 36.4 Å². The SMILES string of the molecule is COCCn1c2ccccc2c2c3c(c4c5ccccc5[nH]c4c21)C(=O)NC3. The maximum atomic E-state index is 12.8. The summed E-state index contributed by atoms with van der Waals surface area (Å²) < 4.78 is 7.72. The molecule has 138 valence electrons. The van der Waals surface area contributed by atoms with Crippen LogP contribution in [0.4, 0.5) is 0 Å². The maximum absolute atomic E-state index is 12.8. The number of amides is 1. The fourth-order valence-electron chi connectivity index (χ4n) is 4.82. The molecule has 1 amide bonds. The first-order valence-corrected chi connectivity index (χ1v) is 9.53. The Morgan fingerprint density at radius 1 is 1.04 bits per heavy atom. The molecule has 5 heteroatoms. The molecule has 0 atom stereocenters. The lowest BCUT2D eigenvalue weighted by molar-refractivity contribution is 0.0967. The Morgan fingerprint density at radius 3 is 2.68 bits per heavy atom. The number of rotatable bonds is 3. The third kappa shape index (κ3) is 1.86. The summed E-state index contributed by atoms with van der Waals surface area (Å²) in [4.78, 5) is 16.4. The number of carbonyl (C=O) groups excluding carboxylic acids is 1. The van der Waals surface area contributed by atoms with E-state index in [1.54, 1.807) is 7.11 Å². The van der Waals surface area contributed by atoms with Crippen LogP contribution in [0.2, 0.25) is 0 Å². The van der Waals surface area contributed by atoms with Crippen molar-refractivity contribution in [2.75, 3.05) is 13.7 Å². The summed E-state index contributed by atoms with van der Waals surface area (Å²) in [5.41, 5.74) is 6.32. The molecule has 3 heterocycles. The van der Waals surface area contributed by atoms with Gasteiger partial charge in [0.25, 0.3) is 5.91 Å². The van der Waals surface area contributed by atoms with Crippen LogP contribution in [0.1, 0.15) is 15.9 Å². The van der Waals surface area contributed by atoms with E-state index in [0.717, 1.165) is 45.0 Å². The van der Waals surface area contributed by atoms with Crippen LogP contribution in [0.15, 0.2) is 48.5 Å². The van der Waals surface area contributed by atoms with Gasteiger partial charge in [-0.25, -0.2) is 0 Å². The van der Waals surface area contributed by atoms with E-state index in [4.69, 9.17) is 4.74 Å². The number of carbonyl (C=O) groups is 1. The van der Waals surface area contributed by atoms with Gasteiger partial charge in [0.2, 0.25) is 0 Å². The average molecular weight is 369 g/mol. The zero-order chi connectivity index (χ0) is 18.8. The van der Waals surface area contributed by atoms with Crippen LogP contribution < -0.4 is 5.32 Å². The normalized spacial score (nSPS) is 13.8. The summed E-state index contributed by atoms with van der Waals surface area (Å²) in [6.45, 7) is 1.95.